The Morgan fingerprint density at radius 2 is 1.95 bits per heavy atom. The molecule has 1 N–H and O–H groups in total. The second-order valence-electron chi connectivity index (χ2n) is 7.31. The molecule has 2 rings (SSSR count). The maximum absolute atomic E-state index is 12.4. The van der Waals surface area contributed by atoms with E-state index >= 15 is 0 Å². The first-order chi connectivity index (χ1) is 8.70. The van der Waals surface area contributed by atoms with Crippen molar-refractivity contribution in [1.29, 1.82) is 0 Å². The summed E-state index contributed by atoms with van der Waals surface area (Å²) in [5.74, 6) is 0.551. The molecule has 19 heavy (non-hydrogen) atoms. The molecule has 0 radical (unpaired) electrons. The van der Waals surface area contributed by atoms with Crippen molar-refractivity contribution in [1.82, 2.24) is 4.90 Å². The van der Waals surface area contributed by atoms with E-state index in [1.165, 1.54) is 0 Å². The Labute approximate surface area is 116 Å². The maximum Gasteiger partial charge on any atom is 0.410 e. The first kappa shape index (κ1) is 14.6. The van der Waals surface area contributed by atoms with Crippen LogP contribution in [0.1, 0.15) is 53.9 Å². The maximum atomic E-state index is 12.4. The van der Waals surface area contributed by atoms with Crippen LogP contribution in [-0.4, -0.2) is 39.9 Å². The lowest BCUT2D eigenvalue weighted by Gasteiger charge is -2.44. The number of piperidine rings is 1. The third kappa shape index (κ3) is 2.88. The second-order valence-corrected chi connectivity index (χ2v) is 7.31. The zero-order valence-corrected chi connectivity index (χ0v) is 12.7. The van der Waals surface area contributed by atoms with E-state index in [1.54, 1.807) is 0 Å². The number of hydrogen-bond donors (Lipinski definition) is 1. The van der Waals surface area contributed by atoms with Crippen LogP contribution < -0.4 is 0 Å². The highest BCUT2D eigenvalue weighted by Crippen LogP contribution is 2.42. The van der Waals surface area contributed by atoms with Crippen molar-refractivity contribution in [2.75, 3.05) is 0 Å². The molecule has 4 atom stereocenters. The Kier molecular flexibility index (Phi) is 3.83. The number of aliphatic hydroxyl groups is 1. The lowest BCUT2D eigenvalue weighted by Crippen LogP contribution is -2.55. The van der Waals surface area contributed by atoms with Crippen LogP contribution in [0.4, 0.5) is 4.79 Å². The Bertz CT molecular complexity index is 348. The van der Waals surface area contributed by atoms with Crippen LogP contribution in [0.3, 0.4) is 0 Å². The number of aliphatic hydroxyl groups excluding tert-OH is 1. The van der Waals surface area contributed by atoms with E-state index in [4.69, 9.17) is 4.74 Å². The number of fused-ring (bicyclic) bond motifs is 2. The molecule has 4 nitrogen and oxygen atoms in total. The molecule has 2 aliphatic rings. The van der Waals surface area contributed by atoms with Crippen LogP contribution in [0.2, 0.25) is 0 Å². The number of carbonyl (C=O) groups excluding carboxylic acids is 1. The van der Waals surface area contributed by atoms with Gasteiger partial charge in [0, 0.05) is 18.0 Å². The predicted octanol–water partition coefficient (Wildman–Crippen LogP) is 2.79. The van der Waals surface area contributed by atoms with E-state index in [2.05, 4.69) is 13.8 Å². The first-order valence-corrected chi connectivity index (χ1v) is 7.40. The molecule has 110 valence electrons. The molecule has 0 aromatic carbocycles. The molecule has 2 fully saturated rings. The van der Waals surface area contributed by atoms with Gasteiger partial charge in [-0.3, -0.25) is 0 Å². The minimum absolute atomic E-state index is 0.142. The fraction of sp³-hybridized carbons (Fsp3) is 0.933. The Morgan fingerprint density at radius 3 is 2.47 bits per heavy atom. The fourth-order valence-corrected chi connectivity index (χ4v) is 3.70. The fourth-order valence-electron chi connectivity index (χ4n) is 3.70. The summed E-state index contributed by atoms with van der Waals surface area (Å²) in [6.07, 6.45) is 2.18. The second kappa shape index (κ2) is 4.97. The molecule has 2 saturated heterocycles. The van der Waals surface area contributed by atoms with Gasteiger partial charge in [0.2, 0.25) is 0 Å². The largest absolute Gasteiger partial charge is 0.444 e. The van der Waals surface area contributed by atoms with Crippen molar-refractivity contribution < 1.29 is 14.6 Å². The molecule has 2 heterocycles. The predicted molar refractivity (Wildman–Crippen MR) is 73.8 cm³/mol. The number of amides is 1. The lowest BCUT2D eigenvalue weighted by molar-refractivity contribution is -0.0495. The van der Waals surface area contributed by atoms with Crippen LogP contribution in [0, 0.1) is 11.8 Å². The van der Waals surface area contributed by atoms with E-state index in [1.807, 2.05) is 25.7 Å². The van der Waals surface area contributed by atoms with Gasteiger partial charge in [-0.2, -0.15) is 0 Å². The molecular weight excluding hydrogens is 242 g/mol. The minimum atomic E-state index is -0.458. The highest BCUT2D eigenvalue weighted by atomic mass is 16.6. The third-order valence-corrected chi connectivity index (χ3v) is 4.32. The van der Waals surface area contributed by atoms with Gasteiger partial charge < -0.3 is 14.7 Å². The molecular formula is C15H27NO3. The number of rotatable bonds is 1. The molecule has 2 aliphatic heterocycles. The molecule has 0 aromatic rings. The van der Waals surface area contributed by atoms with E-state index in [-0.39, 0.29) is 30.2 Å². The molecule has 0 aliphatic carbocycles. The van der Waals surface area contributed by atoms with E-state index < -0.39 is 5.60 Å². The first-order valence-electron chi connectivity index (χ1n) is 7.40. The van der Waals surface area contributed by atoms with Crippen molar-refractivity contribution in [3.63, 3.8) is 0 Å². The average Bonchev–Trinajstić information content (AvgIpc) is 2.51. The van der Waals surface area contributed by atoms with E-state index in [0.29, 0.717) is 12.3 Å². The normalized spacial score (nSPS) is 34.8. The number of carbonyl (C=O) groups is 1. The lowest BCUT2D eigenvalue weighted by atomic mass is 9.80. The van der Waals surface area contributed by atoms with Crippen molar-refractivity contribution in [2.45, 2.75) is 77.7 Å². The zero-order chi connectivity index (χ0) is 14.4. The topological polar surface area (TPSA) is 49.8 Å². The number of ether oxygens (including phenoxy) is 1. The van der Waals surface area contributed by atoms with Gasteiger partial charge in [0.1, 0.15) is 5.60 Å². The summed E-state index contributed by atoms with van der Waals surface area (Å²) >= 11 is 0. The van der Waals surface area contributed by atoms with Crippen molar-refractivity contribution in [3.05, 3.63) is 0 Å². The highest BCUT2D eigenvalue weighted by Gasteiger charge is 2.50. The quantitative estimate of drug-likeness (QED) is 0.796. The molecule has 0 aromatic heterocycles. The van der Waals surface area contributed by atoms with Gasteiger partial charge >= 0.3 is 6.09 Å². The summed E-state index contributed by atoms with van der Waals surface area (Å²) in [6.45, 7) is 9.93. The SMILES string of the molecule is CC(C)C1C(O)CC2CCC1N2C(=O)OC(C)(C)C. The van der Waals surface area contributed by atoms with Gasteiger partial charge in [0.25, 0.3) is 0 Å². The summed E-state index contributed by atoms with van der Waals surface area (Å²) < 4.78 is 5.53. The van der Waals surface area contributed by atoms with Crippen molar-refractivity contribution >= 4 is 6.09 Å². The molecule has 4 heteroatoms. The Hall–Kier alpha value is -0.770. The summed E-state index contributed by atoms with van der Waals surface area (Å²) in [5.41, 5.74) is -0.458. The van der Waals surface area contributed by atoms with Crippen LogP contribution in [0.5, 0.6) is 0 Å². The average molecular weight is 269 g/mol. The Balaban J connectivity index is 2.16. The van der Waals surface area contributed by atoms with Crippen LogP contribution in [0.15, 0.2) is 0 Å². The number of hydrogen-bond acceptors (Lipinski definition) is 3. The van der Waals surface area contributed by atoms with Crippen LogP contribution >= 0.6 is 0 Å². The molecule has 2 bridgehead atoms. The van der Waals surface area contributed by atoms with E-state index in [0.717, 1.165) is 12.8 Å². The van der Waals surface area contributed by atoms with Gasteiger partial charge in [-0.1, -0.05) is 13.8 Å². The molecule has 1 amide bonds. The minimum Gasteiger partial charge on any atom is -0.444 e. The highest BCUT2D eigenvalue weighted by molar-refractivity contribution is 5.69. The van der Waals surface area contributed by atoms with Gasteiger partial charge in [-0.15, -0.1) is 0 Å². The van der Waals surface area contributed by atoms with Gasteiger partial charge in [0.05, 0.1) is 6.10 Å². The van der Waals surface area contributed by atoms with Gasteiger partial charge in [-0.25, -0.2) is 4.79 Å². The van der Waals surface area contributed by atoms with Crippen molar-refractivity contribution in [2.24, 2.45) is 11.8 Å². The molecule has 0 saturated carbocycles. The zero-order valence-electron chi connectivity index (χ0n) is 12.7. The summed E-state index contributed by atoms with van der Waals surface area (Å²) in [7, 11) is 0. The monoisotopic (exact) mass is 269 g/mol. The van der Waals surface area contributed by atoms with Crippen LogP contribution in [-0.2, 0) is 4.74 Å². The molecule has 0 spiro atoms. The summed E-state index contributed by atoms with van der Waals surface area (Å²) in [4.78, 5) is 14.3. The Morgan fingerprint density at radius 1 is 1.32 bits per heavy atom. The van der Waals surface area contributed by atoms with E-state index in [9.17, 15) is 9.90 Å². The smallest absolute Gasteiger partial charge is 0.410 e. The molecule has 4 unspecified atom stereocenters. The summed E-state index contributed by atoms with van der Waals surface area (Å²) in [5, 5.41) is 10.3. The van der Waals surface area contributed by atoms with Crippen LogP contribution in [0.25, 0.3) is 0 Å². The van der Waals surface area contributed by atoms with Crippen molar-refractivity contribution in [3.8, 4) is 0 Å². The third-order valence-electron chi connectivity index (χ3n) is 4.32. The summed E-state index contributed by atoms with van der Waals surface area (Å²) in [6, 6.07) is 0.299. The number of nitrogens with zero attached hydrogens (tertiary/aromatic N) is 1. The van der Waals surface area contributed by atoms with Gasteiger partial charge in [-0.05, 0) is 46.0 Å². The van der Waals surface area contributed by atoms with Gasteiger partial charge in [0.15, 0.2) is 0 Å². The standard InChI is InChI=1S/C15H27NO3/c1-9(2)13-11-7-6-10(8-12(13)17)16(11)14(18)19-15(3,4)5/h9-13,17H,6-8H2,1-5H3.